The minimum atomic E-state index is -0.249. The van der Waals surface area contributed by atoms with Gasteiger partial charge in [-0.15, -0.1) is 0 Å². The molecule has 1 aliphatic rings. The molecule has 7 nitrogen and oxygen atoms in total. The van der Waals surface area contributed by atoms with Crippen LogP contribution in [0, 0.1) is 19.8 Å². The molecule has 1 fully saturated rings. The molecule has 0 aromatic carbocycles. The summed E-state index contributed by atoms with van der Waals surface area (Å²) in [4.78, 5) is 12.4. The molecule has 0 radical (unpaired) electrons. The Bertz CT molecular complexity index is 714. The number of carbonyl (C=O) groups is 1. The summed E-state index contributed by atoms with van der Waals surface area (Å²) in [6, 6.07) is -0.0865. The van der Waals surface area contributed by atoms with Crippen LogP contribution in [0.25, 0.3) is 0 Å². The quantitative estimate of drug-likeness (QED) is 0.744. The second kappa shape index (κ2) is 6.76. The first-order valence-corrected chi connectivity index (χ1v) is 8.40. The average Bonchev–Trinajstić information content (AvgIpc) is 3.07. The van der Waals surface area contributed by atoms with Crippen LogP contribution in [-0.2, 0) is 18.3 Å². The van der Waals surface area contributed by atoms with Crippen molar-refractivity contribution in [2.24, 2.45) is 13.0 Å². The molecular weight excluding hydrogens is 306 g/mol. The topological polar surface area (TPSA) is 95.8 Å². The molecule has 0 spiro atoms. The second-order valence-electron chi connectivity index (χ2n) is 6.80. The molecule has 2 aromatic rings. The van der Waals surface area contributed by atoms with E-state index in [-0.39, 0.29) is 24.0 Å². The first-order chi connectivity index (χ1) is 11.4. The third kappa shape index (κ3) is 3.51. The molecule has 1 saturated carbocycles. The van der Waals surface area contributed by atoms with Gasteiger partial charge in [0.05, 0.1) is 24.0 Å². The van der Waals surface area contributed by atoms with Crippen molar-refractivity contribution >= 4 is 5.91 Å². The normalized spacial score (nSPS) is 21.3. The van der Waals surface area contributed by atoms with Crippen LogP contribution in [0.1, 0.15) is 47.8 Å². The van der Waals surface area contributed by atoms with Gasteiger partial charge in [0, 0.05) is 37.3 Å². The van der Waals surface area contributed by atoms with Gasteiger partial charge in [-0.05, 0) is 38.2 Å². The highest BCUT2D eigenvalue weighted by Gasteiger charge is 2.36. The number of hydrogen-bond donors (Lipinski definition) is 3. The lowest BCUT2D eigenvalue weighted by molar-refractivity contribution is -0.123. The molecule has 2 heterocycles. The van der Waals surface area contributed by atoms with E-state index < -0.39 is 0 Å². The standard InChI is InChI=1S/C17H25N5O2/c1-10-11(2)20-21-15(10)4-5-16(24)19-17(12-6-14(23)7-12)13-8-18-22(3)9-13/h8-9,12,14,17,23H,4-7H2,1-3H3,(H,19,24)(H,20,21). The van der Waals surface area contributed by atoms with E-state index in [2.05, 4.69) is 20.6 Å². The van der Waals surface area contributed by atoms with Gasteiger partial charge in [-0.2, -0.15) is 10.2 Å². The summed E-state index contributed by atoms with van der Waals surface area (Å²) in [6.07, 6.45) is 5.93. The lowest BCUT2D eigenvalue weighted by Crippen LogP contribution is -2.41. The zero-order chi connectivity index (χ0) is 17.3. The predicted octanol–water partition coefficient (Wildman–Crippen LogP) is 1.32. The number of amides is 1. The van der Waals surface area contributed by atoms with Gasteiger partial charge in [-0.1, -0.05) is 0 Å². The number of aliphatic hydroxyl groups is 1. The lowest BCUT2D eigenvalue weighted by atomic mass is 9.75. The fourth-order valence-corrected chi connectivity index (χ4v) is 3.23. The van der Waals surface area contributed by atoms with Gasteiger partial charge in [-0.25, -0.2) is 0 Å². The van der Waals surface area contributed by atoms with E-state index in [4.69, 9.17) is 0 Å². The summed E-state index contributed by atoms with van der Waals surface area (Å²) in [5.74, 6) is 0.271. The molecule has 3 N–H and O–H groups in total. The molecular formula is C17H25N5O2. The Labute approximate surface area is 141 Å². The molecule has 0 saturated heterocycles. The van der Waals surface area contributed by atoms with Crippen molar-refractivity contribution in [3.8, 4) is 0 Å². The van der Waals surface area contributed by atoms with Gasteiger partial charge >= 0.3 is 0 Å². The van der Waals surface area contributed by atoms with E-state index >= 15 is 0 Å². The minimum Gasteiger partial charge on any atom is -0.393 e. The van der Waals surface area contributed by atoms with Crippen molar-refractivity contribution in [1.29, 1.82) is 0 Å². The molecule has 0 bridgehead atoms. The molecule has 7 heteroatoms. The number of nitrogens with zero attached hydrogens (tertiary/aromatic N) is 3. The Balaban J connectivity index is 1.61. The number of aliphatic hydroxyl groups excluding tert-OH is 1. The van der Waals surface area contributed by atoms with Gasteiger partial charge < -0.3 is 10.4 Å². The molecule has 2 aromatic heterocycles. The average molecular weight is 331 g/mol. The van der Waals surface area contributed by atoms with E-state index in [1.165, 1.54) is 0 Å². The van der Waals surface area contributed by atoms with Gasteiger partial charge in [0.1, 0.15) is 0 Å². The second-order valence-corrected chi connectivity index (χ2v) is 6.80. The number of aromatic amines is 1. The molecule has 1 aliphatic carbocycles. The lowest BCUT2D eigenvalue weighted by Gasteiger charge is -2.37. The third-order valence-corrected chi connectivity index (χ3v) is 4.96. The van der Waals surface area contributed by atoms with Crippen LogP contribution < -0.4 is 5.32 Å². The number of carbonyl (C=O) groups excluding carboxylic acids is 1. The Kier molecular flexibility index (Phi) is 4.71. The molecule has 130 valence electrons. The first-order valence-electron chi connectivity index (χ1n) is 8.40. The minimum absolute atomic E-state index is 0.00490. The number of hydrogen-bond acceptors (Lipinski definition) is 4. The maximum absolute atomic E-state index is 12.4. The van der Waals surface area contributed by atoms with Crippen LogP contribution in [0.15, 0.2) is 12.4 Å². The molecule has 3 rings (SSSR count). The van der Waals surface area contributed by atoms with Gasteiger partial charge in [0.15, 0.2) is 0 Å². The van der Waals surface area contributed by atoms with Crippen molar-refractivity contribution in [3.05, 3.63) is 34.9 Å². The van der Waals surface area contributed by atoms with E-state index in [9.17, 15) is 9.90 Å². The van der Waals surface area contributed by atoms with Gasteiger partial charge in [0.2, 0.25) is 5.91 Å². The fourth-order valence-electron chi connectivity index (χ4n) is 3.23. The van der Waals surface area contributed by atoms with Crippen LogP contribution in [0.3, 0.4) is 0 Å². The first kappa shape index (κ1) is 16.7. The summed E-state index contributed by atoms with van der Waals surface area (Å²) in [5, 5.41) is 24.1. The smallest absolute Gasteiger partial charge is 0.220 e. The highest BCUT2D eigenvalue weighted by atomic mass is 16.3. The van der Waals surface area contributed by atoms with Crippen molar-refractivity contribution < 1.29 is 9.90 Å². The van der Waals surface area contributed by atoms with Crippen LogP contribution in [0.5, 0.6) is 0 Å². The van der Waals surface area contributed by atoms with Gasteiger partial charge in [-0.3, -0.25) is 14.6 Å². The SMILES string of the molecule is Cc1[nH]nc(CCC(=O)NC(c2cnn(C)c2)C2CC(O)C2)c1C. The Hall–Kier alpha value is -2.15. The van der Waals surface area contributed by atoms with Crippen LogP contribution in [-0.4, -0.2) is 37.1 Å². The summed E-state index contributed by atoms with van der Waals surface area (Å²) >= 11 is 0. The van der Waals surface area contributed by atoms with Crippen LogP contribution in [0.4, 0.5) is 0 Å². The van der Waals surface area contributed by atoms with E-state index in [0.717, 1.165) is 35.4 Å². The van der Waals surface area contributed by atoms with Crippen LogP contribution >= 0.6 is 0 Å². The van der Waals surface area contributed by atoms with Crippen molar-refractivity contribution in [2.75, 3.05) is 0 Å². The van der Waals surface area contributed by atoms with Crippen molar-refractivity contribution in [1.82, 2.24) is 25.3 Å². The van der Waals surface area contributed by atoms with E-state index in [0.29, 0.717) is 12.8 Å². The third-order valence-electron chi connectivity index (χ3n) is 4.96. The molecule has 1 atom stereocenters. The van der Waals surface area contributed by atoms with Crippen LogP contribution in [0.2, 0.25) is 0 Å². The van der Waals surface area contributed by atoms with E-state index in [1.807, 2.05) is 27.1 Å². The molecule has 24 heavy (non-hydrogen) atoms. The highest BCUT2D eigenvalue weighted by Crippen LogP contribution is 2.38. The summed E-state index contributed by atoms with van der Waals surface area (Å²) in [6.45, 7) is 3.99. The highest BCUT2D eigenvalue weighted by molar-refractivity contribution is 5.76. The van der Waals surface area contributed by atoms with Crippen molar-refractivity contribution in [3.63, 3.8) is 0 Å². The Morgan fingerprint density at radius 3 is 2.79 bits per heavy atom. The Morgan fingerprint density at radius 2 is 2.25 bits per heavy atom. The monoisotopic (exact) mass is 331 g/mol. The predicted molar refractivity (Wildman–Crippen MR) is 89.2 cm³/mol. The number of rotatable bonds is 6. The summed E-state index contributed by atoms with van der Waals surface area (Å²) < 4.78 is 1.74. The molecule has 1 unspecified atom stereocenters. The summed E-state index contributed by atoms with van der Waals surface area (Å²) in [5.41, 5.74) is 4.10. The molecule has 0 aliphatic heterocycles. The summed E-state index contributed by atoms with van der Waals surface area (Å²) in [7, 11) is 1.86. The fraction of sp³-hybridized carbons (Fsp3) is 0.588. The van der Waals surface area contributed by atoms with Crippen molar-refractivity contribution in [2.45, 2.75) is 51.7 Å². The zero-order valence-electron chi connectivity index (χ0n) is 14.4. The van der Waals surface area contributed by atoms with Gasteiger partial charge in [0.25, 0.3) is 0 Å². The number of nitrogens with one attached hydrogen (secondary N) is 2. The molecule has 1 amide bonds. The maximum atomic E-state index is 12.4. The maximum Gasteiger partial charge on any atom is 0.220 e. The largest absolute Gasteiger partial charge is 0.393 e. The Morgan fingerprint density at radius 1 is 1.50 bits per heavy atom. The number of aryl methyl sites for hydroxylation is 3. The zero-order valence-corrected chi connectivity index (χ0v) is 14.4. The van der Waals surface area contributed by atoms with E-state index in [1.54, 1.807) is 10.9 Å². The number of H-pyrrole nitrogens is 1. The number of aromatic nitrogens is 4.